The Labute approximate surface area is 159 Å². The highest BCUT2D eigenvalue weighted by atomic mass is 16.5. The molecule has 4 N–H and O–H groups in total. The SMILES string of the molecule is CCC(CC)C(=O)NC[C@H]1O[C@@H](CC(=O)NCc2cccnc2)[C@H](O)[C@@H]1O. The number of aliphatic hydroxyl groups excluding tert-OH is 2. The molecule has 4 atom stereocenters. The molecule has 0 aliphatic carbocycles. The first-order valence-corrected chi connectivity index (χ1v) is 9.41. The van der Waals surface area contributed by atoms with Crippen LogP contribution in [0.3, 0.4) is 0 Å². The van der Waals surface area contributed by atoms with E-state index in [-0.39, 0.29) is 30.7 Å². The first-order chi connectivity index (χ1) is 13.0. The molecule has 0 bridgehead atoms. The third-order valence-electron chi connectivity index (χ3n) is 4.89. The van der Waals surface area contributed by atoms with Gasteiger partial charge in [0, 0.05) is 31.4 Å². The van der Waals surface area contributed by atoms with Crippen LogP contribution in [0.25, 0.3) is 0 Å². The molecule has 2 heterocycles. The standard InChI is InChI=1S/C19H29N3O5/c1-3-13(4-2)19(26)22-11-15-18(25)17(24)14(27-15)8-16(23)21-10-12-6-5-7-20-9-12/h5-7,9,13-15,17-18,24-25H,3-4,8,10-11H2,1-2H3,(H,21,23)(H,22,26)/t14-,15+,17-,18+/m0/s1. The molecule has 150 valence electrons. The number of nitrogens with one attached hydrogen (secondary N) is 2. The zero-order valence-electron chi connectivity index (χ0n) is 15.8. The van der Waals surface area contributed by atoms with Crippen molar-refractivity contribution in [3.05, 3.63) is 30.1 Å². The molecule has 27 heavy (non-hydrogen) atoms. The predicted molar refractivity (Wildman–Crippen MR) is 98.5 cm³/mol. The summed E-state index contributed by atoms with van der Waals surface area (Å²) in [4.78, 5) is 28.1. The van der Waals surface area contributed by atoms with Crippen molar-refractivity contribution in [1.82, 2.24) is 15.6 Å². The number of hydrogen-bond acceptors (Lipinski definition) is 6. The summed E-state index contributed by atoms with van der Waals surface area (Å²) in [6.07, 6.45) is 0.819. The van der Waals surface area contributed by atoms with Crippen LogP contribution in [0.2, 0.25) is 0 Å². The molecule has 1 aliphatic heterocycles. The lowest BCUT2D eigenvalue weighted by Gasteiger charge is -2.18. The van der Waals surface area contributed by atoms with Gasteiger partial charge in [-0.3, -0.25) is 14.6 Å². The molecule has 1 aromatic heterocycles. The fourth-order valence-corrected chi connectivity index (χ4v) is 3.13. The average Bonchev–Trinajstić information content (AvgIpc) is 2.94. The maximum Gasteiger partial charge on any atom is 0.223 e. The van der Waals surface area contributed by atoms with Crippen LogP contribution in [0.4, 0.5) is 0 Å². The monoisotopic (exact) mass is 379 g/mol. The van der Waals surface area contributed by atoms with Gasteiger partial charge >= 0.3 is 0 Å². The number of aliphatic hydroxyl groups is 2. The second-order valence-corrected chi connectivity index (χ2v) is 6.79. The first-order valence-electron chi connectivity index (χ1n) is 9.41. The van der Waals surface area contributed by atoms with Crippen LogP contribution < -0.4 is 10.6 Å². The van der Waals surface area contributed by atoms with Crippen LogP contribution in [0.15, 0.2) is 24.5 Å². The Morgan fingerprint density at radius 1 is 1.19 bits per heavy atom. The van der Waals surface area contributed by atoms with Crippen molar-refractivity contribution < 1.29 is 24.5 Å². The number of aromatic nitrogens is 1. The third-order valence-corrected chi connectivity index (χ3v) is 4.89. The van der Waals surface area contributed by atoms with E-state index in [4.69, 9.17) is 4.74 Å². The van der Waals surface area contributed by atoms with Crippen molar-refractivity contribution in [2.45, 2.75) is 64.1 Å². The van der Waals surface area contributed by atoms with E-state index in [2.05, 4.69) is 15.6 Å². The summed E-state index contributed by atoms with van der Waals surface area (Å²) in [6.45, 7) is 4.31. The molecule has 0 saturated carbocycles. The zero-order chi connectivity index (χ0) is 19.8. The van der Waals surface area contributed by atoms with Crippen LogP contribution in [0, 0.1) is 5.92 Å². The molecule has 1 aromatic rings. The Balaban J connectivity index is 1.79. The summed E-state index contributed by atoms with van der Waals surface area (Å²) in [5, 5.41) is 25.8. The van der Waals surface area contributed by atoms with Crippen molar-refractivity contribution in [3.63, 3.8) is 0 Å². The van der Waals surface area contributed by atoms with Gasteiger partial charge in [-0.2, -0.15) is 0 Å². The molecule has 0 unspecified atom stereocenters. The molecule has 1 saturated heterocycles. The fourth-order valence-electron chi connectivity index (χ4n) is 3.13. The molecule has 0 radical (unpaired) electrons. The van der Waals surface area contributed by atoms with Crippen LogP contribution >= 0.6 is 0 Å². The van der Waals surface area contributed by atoms with Gasteiger partial charge in [0.2, 0.25) is 11.8 Å². The van der Waals surface area contributed by atoms with Crippen molar-refractivity contribution in [1.29, 1.82) is 0 Å². The molecule has 2 amide bonds. The lowest BCUT2D eigenvalue weighted by molar-refractivity contribution is -0.127. The van der Waals surface area contributed by atoms with Crippen LogP contribution in [0.1, 0.15) is 38.7 Å². The van der Waals surface area contributed by atoms with Gasteiger partial charge in [-0.25, -0.2) is 0 Å². The van der Waals surface area contributed by atoms with Gasteiger partial charge in [-0.05, 0) is 24.5 Å². The Hall–Kier alpha value is -2.03. The summed E-state index contributed by atoms with van der Waals surface area (Å²) < 4.78 is 5.62. The van der Waals surface area contributed by atoms with E-state index in [1.54, 1.807) is 18.5 Å². The van der Waals surface area contributed by atoms with E-state index in [1.165, 1.54) is 0 Å². The smallest absolute Gasteiger partial charge is 0.223 e. The molecular weight excluding hydrogens is 350 g/mol. The molecule has 0 spiro atoms. The fraction of sp³-hybridized carbons (Fsp3) is 0.632. The van der Waals surface area contributed by atoms with Crippen LogP contribution in [-0.4, -0.2) is 58.0 Å². The van der Waals surface area contributed by atoms with Gasteiger partial charge < -0.3 is 25.6 Å². The molecule has 8 heteroatoms. The predicted octanol–water partition coefficient (Wildman–Crippen LogP) is 0.130. The largest absolute Gasteiger partial charge is 0.388 e. The van der Waals surface area contributed by atoms with E-state index in [9.17, 15) is 19.8 Å². The highest BCUT2D eigenvalue weighted by Gasteiger charge is 2.43. The minimum absolute atomic E-state index is 0.0739. The number of rotatable bonds is 9. The quantitative estimate of drug-likeness (QED) is 0.484. The van der Waals surface area contributed by atoms with Gasteiger partial charge in [-0.1, -0.05) is 19.9 Å². The summed E-state index contributed by atoms with van der Waals surface area (Å²) in [7, 11) is 0. The van der Waals surface area contributed by atoms with Gasteiger partial charge in [0.25, 0.3) is 0 Å². The van der Waals surface area contributed by atoms with Crippen molar-refractivity contribution in [2.75, 3.05) is 6.54 Å². The van der Waals surface area contributed by atoms with Gasteiger partial charge in [0.15, 0.2) is 0 Å². The van der Waals surface area contributed by atoms with E-state index in [1.807, 2.05) is 19.9 Å². The summed E-state index contributed by atoms with van der Waals surface area (Å²) in [6, 6.07) is 3.62. The van der Waals surface area contributed by atoms with Crippen LogP contribution in [-0.2, 0) is 20.9 Å². The van der Waals surface area contributed by atoms with Gasteiger partial charge in [0.05, 0.1) is 12.5 Å². The second-order valence-electron chi connectivity index (χ2n) is 6.79. The Kier molecular flexibility index (Phi) is 8.15. The van der Waals surface area contributed by atoms with E-state index in [0.29, 0.717) is 6.54 Å². The normalized spacial score (nSPS) is 24.8. The third kappa shape index (κ3) is 5.98. The Bertz CT molecular complexity index is 609. The lowest BCUT2D eigenvalue weighted by Crippen LogP contribution is -2.41. The number of hydrogen-bond donors (Lipinski definition) is 4. The summed E-state index contributed by atoms with van der Waals surface area (Å²) >= 11 is 0. The number of ether oxygens (including phenoxy) is 1. The van der Waals surface area contributed by atoms with E-state index < -0.39 is 24.4 Å². The number of carbonyl (C=O) groups excluding carboxylic acids is 2. The molecule has 2 rings (SSSR count). The molecule has 1 aliphatic rings. The van der Waals surface area contributed by atoms with Crippen molar-refractivity contribution in [2.24, 2.45) is 5.92 Å². The minimum atomic E-state index is -1.18. The minimum Gasteiger partial charge on any atom is -0.388 e. The maximum absolute atomic E-state index is 12.1. The zero-order valence-corrected chi connectivity index (χ0v) is 15.8. The van der Waals surface area contributed by atoms with Gasteiger partial charge in [0.1, 0.15) is 18.3 Å². The lowest BCUT2D eigenvalue weighted by atomic mass is 10.0. The topological polar surface area (TPSA) is 121 Å². The van der Waals surface area contributed by atoms with E-state index in [0.717, 1.165) is 18.4 Å². The highest BCUT2D eigenvalue weighted by Crippen LogP contribution is 2.23. The Morgan fingerprint density at radius 2 is 1.89 bits per heavy atom. The number of pyridine rings is 1. The molecular formula is C19H29N3O5. The number of amides is 2. The molecule has 0 aromatic carbocycles. The Morgan fingerprint density at radius 3 is 2.52 bits per heavy atom. The average molecular weight is 379 g/mol. The highest BCUT2D eigenvalue weighted by molar-refractivity contribution is 5.78. The van der Waals surface area contributed by atoms with Crippen molar-refractivity contribution in [3.8, 4) is 0 Å². The van der Waals surface area contributed by atoms with Crippen LogP contribution in [0.5, 0.6) is 0 Å². The summed E-state index contributed by atoms with van der Waals surface area (Å²) in [5.41, 5.74) is 0.862. The number of nitrogens with zero attached hydrogens (tertiary/aromatic N) is 1. The van der Waals surface area contributed by atoms with Gasteiger partial charge in [-0.15, -0.1) is 0 Å². The van der Waals surface area contributed by atoms with E-state index >= 15 is 0 Å². The van der Waals surface area contributed by atoms with Crippen molar-refractivity contribution >= 4 is 11.8 Å². The number of carbonyl (C=O) groups is 2. The summed E-state index contributed by atoms with van der Waals surface area (Å²) in [5.74, 6) is -0.470. The maximum atomic E-state index is 12.1. The molecule has 8 nitrogen and oxygen atoms in total. The second kappa shape index (κ2) is 10.3. The first kappa shape index (κ1) is 21.3. The molecule has 1 fully saturated rings.